The van der Waals surface area contributed by atoms with Gasteiger partial charge in [0.05, 0.1) is 5.69 Å². The van der Waals surface area contributed by atoms with E-state index in [9.17, 15) is 18.3 Å². The standard InChI is InChI=1S/C19H21N7O4S/c20-31(29,30)12-4-5-14(21-10-12)23-18-22-9-11-8-13-16(27)25-17(28)19(6-2-1-3-7-19)26(13)15(11)24-18/h4-5,8-10,16,27H,1-3,6-7H2,(H,25,28)(H2,20,29,30)(H,21,22,23,24). The molecule has 1 atom stereocenters. The van der Waals surface area contributed by atoms with Crippen LogP contribution in [0.25, 0.3) is 11.0 Å². The molecule has 1 unspecified atom stereocenters. The topological polar surface area (TPSA) is 165 Å². The van der Waals surface area contributed by atoms with Crippen molar-refractivity contribution in [1.29, 1.82) is 0 Å². The lowest BCUT2D eigenvalue weighted by Crippen LogP contribution is -2.55. The average molecular weight is 443 g/mol. The number of anilines is 2. The van der Waals surface area contributed by atoms with E-state index in [0.717, 1.165) is 25.5 Å². The molecule has 5 rings (SSSR count). The van der Waals surface area contributed by atoms with Gasteiger partial charge >= 0.3 is 0 Å². The first kappa shape index (κ1) is 19.8. The number of rotatable bonds is 3. The lowest BCUT2D eigenvalue weighted by molar-refractivity contribution is -0.138. The second-order valence-corrected chi connectivity index (χ2v) is 9.46. The van der Waals surface area contributed by atoms with Crippen LogP contribution in [0.3, 0.4) is 0 Å². The van der Waals surface area contributed by atoms with Crippen LogP contribution in [0.15, 0.2) is 35.5 Å². The molecule has 12 heteroatoms. The number of carbonyl (C=O) groups excluding carboxylic acids is 1. The van der Waals surface area contributed by atoms with Gasteiger partial charge in [-0.2, -0.15) is 4.98 Å². The highest BCUT2D eigenvalue weighted by Crippen LogP contribution is 2.42. The Hall–Kier alpha value is -3.09. The van der Waals surface area contributed by atoms with Crippen LogP contribution in [-0.2, 0) is 20.4 Å². The minimum Gasteiger partial charge on any atom is -0.368 e. The Labute approximate surface area is 177 Å². The van der Waals surface area contributed by atoms with Gasteiger partial charge in [0, 0.05) is 17.8 Å². The van der Waals surface area contributed by atoms with Crippen LogP contribution in [0.4, 0.5) is 11.8 Å². The molecule has 1 saturated carbocycles. The number of nitrogens with one attached hydrogen (secondary N) is 2. The van der Waals surface area contributed by atoms with Crippen LogP contribution < -0.4 is 15.8 Å². The summed E-state index contributed by atoms with van der Waals surface area (Å²) in [7, 11) is -3.84. The van der Waals surface area contributed by atoms with Gasteiger partial charge in [0.25, 0.3) is 0 Å². The van der Waals surface area contributed by atoms with Gasteiger partial charge in [-0.05, 0) is 31.0 Å². The van der Waals surface area contributed by atoms with Crippen molar-refractivity contribution in [1.82, 2.24) is 24.8 Å². The SMILES string of the molecule is NS(=O)(=O)c1ccc(Nc2ncc3cc4n(c3n2)C2(CCCCC2)C(=O)NC4O)nc1. The zero-order valence-electron chi connectivity index (χ0n) is 16.4. The second kappa shape index (κ2) is 6.97. The largest absolute Gasteiger partial charge is 0.368 e. The molecule has 31 heavy (non-hydrogen) atoms. The average Bonchev–Trinajstić information content (AvgIpc) is 3.13. The molecule has 11 nitrogen and oxygen atoms in total. The molecule has 162 valence electrons. The first-order chi connectivity index (χ1) is 14.8. The fourth-order valence-corrected chi connectivity index (χ4v) is 4.94. The summed E-state index contributed by atoms with van der Waals surface area (Å²) in [6, 6.07) is 4.58. The second-order valence-electron chi connectivity index (χ2n) is 7.89. The van der Waals surface area contributed by atoms with E-state index in [4.69, 9.17) is 5.14 Å². The van der Waals surface area contributed by atoms with Crippen molar-refractivity contribution in [3.8, 4) is 0 Å². The predicted octanol–water partition coefficient (Wildman–Crippen LogP) is 0.997. The van der Waals surface area contributed by atoms with Crippen LogP contribution >= 0.6 is 0 Å². The van der Waals surface area contributed by atoms with Crippen LogP contribution in [0.2, 0.25) is 0 Å². The van der Waals surface area contributed by atoms with Crippen LogP contribution in [0.1, 0.15) is 44.0 Å². The number of sulfonamides is 1. The fraction of sp³-hybridized carbons (Fsp3) is 0.368. The van der Waals surface area contributed by atoms with Gasteiger partial charge in [0.1, 0.15) is 21.9 Å². The van der Waals surface area contributed by atoms with Gasteiger partial charge in [-0.25, -0.2) is 23.5 Å². The molecule has 1 spiro atoms. The van der Waals surface area contributed by atoms with E-state index < -0.39 is 21.8 Å². The third kappa shape index (κ3) is 3.23. The summed E-state index contributed by atoms with van der Waals surface area (Å²) in [5.41, 5.74) is 0.346. The van der Waals surface area contributed by atoms with Gasteiger partial charge in [-0.1, -0.05) is 19.3 Å². The first-order valence-electron chi connectivity index (χ1n) is 9.92. The smallest absolute Gasteiger partial charge is 0.248 e. The number of aromatic nitrogens is 4. The van der Waals surface area contributed by atoms with E-state index >= 15 is 0 Å². The summed E-state index contributed by atoms with van der Waals surface area (Å²) in [6.07, 6.45) is 5.89. The summed E-state index contributed by atoms with van der Waals surface area (Å²) in [5, 5.41) is 21.9. The molecule has 3 aromatic rings. The maximum atomic E-state index is 13.0. The minimum atomic E-state index is -3.84. The molecule has 1 amide bonds. The number of fused-ring (bicyclic) bond motifs is 4. The van der Waals surface area contributed by atoms with Crippen molar-refractivity contribution in [3.05, 3.63) is 36.3 Å². The number of primary sulfonamides is 1. The molecule has 5 N–H and O–H groups in total. The van der Waals surface area contributed by atoms with Crippen molar-refractivity contribution in [2.75, 3.05) is 5.32 Å². The number of aliphatic hydroxyl groups excluding tert-OH is 1. The number of pyridine rings is 1. The molecule has 3 aromatic heterocycles. The molecule has 1 fully saturated rings. The third-order valence-corrected chi connectivity index (χ3v) is 6.85. The molecule has 0 bridgehead atoms. The zero-order valence-corrected chi connectivity index (χ0v) is 17.3. The van der Waals surface area contributed by atoms with Crippen LogP contribution in [0, 0.1) is 0 Å². The summed E-state index contributed by atoms with van der Waals surface area (Å²) >= 11 is 0. The Balaban J connectivity index is 1.57. The highest BCUT2D eigenvalue weighted by atomic mass is 32.2. The minimum absolute atomic E-state index is 0.102. The Bertz CT molecular complexity index is 1280. The first-order valence-corrected chi connectivity index (χ1v) is 11.5. The highest BCUT2D eigenvalue weighted by Gasteiger charge is 2.48. The van der Waals surface area contributed by atoms with E-state index in [1.165, 1.54) is 12.1 Å². The molecular weight excluding hydrogens is 422 g/mol. The van der Waals surface area contributed by atoms with Crippen molar-refractivity contribution in [2.24, 2.45) is 5.14 Å². The maximum Gasteiger partial charge on any atom is 0.248 e. The van der Waals surface area contributed by atoms with Gasteiger partial charge in [0.15, 0.2) is 6.23 Å². The Morgan fingerprint density at radius 1 is 1.19 bits per heavy atom. The fourth-order valence-electron chi connectivity index (χ4n) is 4.48. The number of aliphatic hydroxyl groups is 1. The van der Waals surface area contributed by atoms with E-state index in [1.54, 1.807) is 12.3 Å². The van der Waals surface area contributed by atoms with Crippen LogP contribution in [0.5, 0.6) is 0 Å². The molecule has 2 aliphatic rings. The molecule has 0 radical (unpaired) electrons. The number of amides is 1. The van der Waals surface area contributed by atoms with E-state index in [-0.39, 0.29) is 16.8 Å². The molecule has 1 aliphatic carbocycles. The van der Waals surface area contributed by atoms with Gasteiger partial charge < -0.3 is 20.3 Å². The Kier molecular flexibility index (Phi) is 4.46. The van der Waals surface area contributed by atoms with Crippen molar-refractivity contribution < 1.29 is 18.3 Å². The molecule has 1 aliphatic heterocycles. The summed E-state index contributed by atoms with van der Waals surface area (Å²) in [4.78, 5) is 25.8. The van der Waals surface area contributed by atoms with Crippen LogP contribution in [-0.4, -0.2) is 39.0 Å². The van der Waals surface area contributed by atoms with Crippen molar-refractivity contribution in [2.45, 2.75) is 48.8 Å². The van der Waals surface area contributed by atoms with Gasteiger partial charge in [0.2, 0.25) is 21.9 Å². The zero-order chi connectivity index (χ0) is 21.8. The van der Waals surface area contributed by atoms with E-state index in [1.807, 2.05) is 4.57 Å². The highest BCUT2D eigenvalue weighted by molar-refractivity contribution is 7.89. The van der Waals surface area contributed by atoms with E-state index in [2.05, 4.69) is 25.6 Å². The molecule has 4 heterocycles. The number of hydrogen-bond donors (Lipinski definition) is 4. The lowest BCUT2D eigenvalue weighted by Gasteiger charge is -2.43. The van der Waals surface area contributed by atoms with Crippen molar-refractivity contribution in [3.63, 3.8) is 0 Å². The normalized spacial score (nSPS) is 20.5. The Morgan fingerprint density at radius 3 is 2.65 bits per heavy atom. The summed E-state index contributed by atoms with van der Waals surface area (Å²) < 4.78 is 24.6. The lowest BCUT2D eigenvalue weighted by atomic mass is 9.79. The number of hydrogen-bond acceptors (Lipinski definition) is 8. The van der Waals surface area contributed by atoms with Crippen molar-refractivity contribution >= 4 is 38.7 Å². The number of nitrogens with zero attached hydrogens (tertiary/aromatic N) is 4. The summed E-state index contributed by atoms with van der Waals surface area (Å²) in [5.74, 6) is 0.371. The third-order valence-electron chi connectivity index (χ3n) is 5.95. The molecular formula is C19H21N7O4S. The van der Waals surface area contributed by atoms with Gasteiger partial charge in [-0.15, -0.1) is 0 Å². The monoisotopic (exact) mass is 443 g/mol. The molecule has 0 aromatic carbocycles. The number of carbonyl (C=O) groups is 1. The number of nitrogens with two attached hydrogens (primary N) is 1. The summed E-state index contributed by atoms with van der Waals surface area (Å²) in [6.45, 7) is 0. The van der Waals surface area contributed by atoms with E-state index in [0.29, 0.717) is 35.4 Å². The molecule has 0 saturated heterocycles. The predicted molar refractivity (Wildman–Crippen MR) is 111 cm³/mol. The van der Waals surface area contributed by atoms with Gasteiger partial charge in [-0.3, -0.25) is 4.79 Å². The Morgan fingerprint density at radius 2 is 1.97 bits per heavy atom. The maximum absolute atomic E-state index is 13.0. The quantitative estimate of drug-likeness (QED) is 0.465.